The molecule has 0 N–H and O–H groups in total. The van der Waals surface area contributed by atoms with E-state index in [2.05, 4.69) is 4.98 Å². The van der Waals surface area contributed by atoms with E-state index in [1.54, 1.807) is 7.05 Å². The molecule has 1 heterocycles. The molecule has 4 nitrogen and oxygen atoms in total. The Kier molecular flexibility index (Phi) is 4.63. The van der Waals surface area contributed by atoms with Crippen molar-refractivity contribution in [2.45, 2.75) is 0 Å². The number of para-hydroxylation sites is 1. The number of rotatable bonds is 4. The Hall–Kier alpha value is -1.30. The highest BCUT2D eigenvalue weighted by Crippen LogP contribution is 2.32. The fraction of sp³-hybridized carbons (Fsp3) is 0.167. The maximum atomic E-state index is 11.9. The van der Waals surface area contributed by atoms with E-state index in [1.807, 2.05) is 30.3 Å². The summed E-state index contributed by atoms with van der Waals surface area (Å²) < 4.78 is 5.61. The summed E-state index contributed by atoms with van der Waals surface area (Å²) in [5, 5.41) is 0.468. The predicted molar refractivity (Wildman–Crippen MR) is 77.5 cm³/mol. The molecule has 100 valence electrons. The number of likely N-dealkylation sites (N-methyl/N-ethyl adjacent to an activating group) is 1. The number of halogens is 2. The number of nitrogens with zero attached hydrogens (tertiary/aromatic N) is 2. The van der Waals surface area contributed by atoms with Gasteiger partial charge in [-0.3, -0.25) is 4.79 Å². The van der Waals surface area contributed by atoms with Crippen molar-refractivity contribution in [3.8, 4) is 5.19 Å². The van der Waals surface area contributed by atoms with Crippen LogP contribution in [0.2, 0.25) is 9.49 Å². The van der Waals surface area contributed by atoms with Gasteiger partial charge in [0.25, 0.3) is 11.1 Å². The predicted octanol–water partition coefficient (Wildman–Crippen LogP) is 3.49. The van der Waals surface area contributed by atoms with Crippen LogP contribution in [0.5, 0.6) is 5.19 Å². The van der Waals surface area contributed by atoms with Crippen molar-refractivity contribution in [2.24, 2.45) is 0 Å². The lowest BCUT2D eigenvalue weighted by Crippen LogP contribution is -2.31. The minimum absolute atomic E-state index is 0.119. The largest absolute Gasteiger partial charge is 0.460 e. The summed E-state index contributed by atoms with van der Waals surface area (Å²) in [5.41, 5.74) is 0.798. The summed E-state index contributed by atoms with van der Waals surface area (Å²) in [5.74, 6) is -0.186. The van der Waals surface area contributed by atoms with Gasteiger partial charge in [0.15, 0.2) is 11.8 Å². The Morgan fingerprint density at radius 3 is 2.63 bits per heavy atom. The molecule has 7 heteroatoms. The van der Waals surface area contributed by atoms with Crippen molar-refractivity contribution in [3.63, 3.8) is 0 Å². The lowest BCUT2D eigenvalue weighted by Gasteiger charge is -2.16. The second-order valence-electron chi connectivity index (χ2n) is 3.62. The lowest BCUT2D eigenvalue weighted by atomic mass is 10.3. The molecule has 0 fully saturated rings. The molecule has 1 aromatic heterocycles. The van der Waals surface area contributed by atoms with E-state index in [0.717, 1.165) is 17.0 Å². The molecule has 0 radical (unpaired) electrons. The number of benzene rings is 1. The Labute approximate surface area is 124 Å². The third-order valence-corrected chi connectivity index (χ3v) is 4.01. The third-order valence-electron chi connectivity index (χ3n) is 2.37. The van der Waals surface area contributed by atoms with Crippen molar-refractivity contribution in [3.05, 3.63) is 39.8 Å². The monoisotopic (exact) mass is 316 g/mol. The van der Waals surface area contributed by atoms with Crippen LogP contribution >= 0.6 is 34.5 Å². The Morgan fingerprint density at radius 1 is 1.37 bits per heavy atom. The van der Waals surface area contributed by atoms with Crippen molar-refractivity contribution in [2.75, 3.05) is 18.6 Å². The molecule has 0 saturated heterocycles. The van der Waals surface area contributed by atoms with E-state index in [1.165, 1.54) is 4.90 Å². The Bertz CT molecular complexity index is 555. The molecule has 1 amide bonds. The summed E-state index contributed by atoms with van der Waals surface area (Å²) in [6.45, 7) is -0.119. The molecule has 19 heavy (non-hydrogen) atoms. The second kappa shape index (κ2) is 6.23. The molecule has 0 atom stereocenters. The lowest BCUT2D eigenvalue weighted by molar-refractivity contribution is -0.120. The molecule has 0 aliphatic heterocycles. The number of carbonyl (C=O) groups is 1. The summed E-state index contributed by atoms with van der Waals surface area (Å²) in [6, 6.07) is 9.29. The smallest absolute Gasteiger partial charge is 0.276 e. The third kappa shape index (κ3) is 3.59. The highest BCUT2D eigenvalue weighted by atomic mass is 35.5. The van der Waals surface area contributed by atoms with Gasteiger partial charge in [0.05, 0.1) is 0 Å². The Morgan fingerprint density at radius 2 is 2.05 bits per heavy atom. The van der Waals surface area contributed by atoms with Crippen molar-refractivity contribution >= 4 is 46.1 Å². The highest BCUT2D eigenvalue weighted by Gasteiger charge is 2.14. The highest BCUT2D eigenvalue weighted by molar-refractivity contribution is 7.18. The number of hydrogen-bond acceptors (Lipinski definition) is 4. The maximum absolute atomic E-state index is 11.9. The number of ether oxygens (including phenoxy) is 1. The zero-order valence-corrected chi connectivity index (χ0v) is 12.3. The van der Waals surface area contributed by atoms with E-state index >= 15 is 0 Å². The van der Waals surface area contributed by atoms with Crippen molar-refractivity contribution in [1.82, 2.24) is 4.98 Å². The molecule has 0 spiro atoms. The molecule has 1 aromatic carbocycles. The first-order chi connectivity index (χ1) is 9.08. The summed E-state index contributed by atoms with van der Waals surface area (Å²) in [7, 11) is 1.68. The van der Waals surface area contributed by atoms with Crippen LogP contribution in [0.15, 0.2) is 30.3 Å². The van der Waals surface area contributed by atoms with Crippen LogP contribution in [-0.4, -0.2) is 24.5 Å². The minimum Gasteiger partial charge on any atom is -0.460 e. The van der Waals surface area contributed by atoms with Gasteiger partial charge in [0.2, 0.25) is 0 Å². The van der Waals surface area contributed by atoms with Gasteiger partial charge in [0, 0.05) is 12.7 Å². The topological polar surface area (TPSA) is 42.4 Å². The number of hydrogen-bond donors (Lipinski definition) is 0. The second-order valence-corrected chi connectivity index (χ2v) is 5.54. The summed E-state index contributed by atoms with van der Waals surface area (Å²) in [4.78, 5) is 17.3. The molecule has 0 unspecified atom stereocenters. The maximum Gasteiger partial charge on any atom is 0.276 e. The van der Waals surface area contributed by atoms with Gasteiger partial charge >= 0.3 is 0 Å². The van der Waals surface area contributed by atoms with Gasteiger partial charge in [-0.05, 0) is 12.1 Å². The van der Waals surface area contributed by atoms with Crippen LogP contribution in [0.3, 0.4) is 0 Å². The average molecular weight is 317 g/mol. The molecule has 0 saturated carbocycles. The fourth-order valence-electron chi connectivity index (χ4n) is 1.34. The van der Waals surface area contributed by atoms with Gasteiger partial charge < -0.3 is 9.64 Å². The number of amides is 1. The van der Waals surface area contributed by atoms with Crippen LogP contribution in [0.1, 0.15) is 0 Å². The first-order valence-electron chi connectivity index (χ1n) is 5.34. The zero-order valence-electron chi connectivity index (χ0n) is 9.97. The van der Waals surface area contributed by atoms with E-state index in [4.69, 9.17) is 27.9 Å². The molecule has 2 aromatic rings. The van der Waals surface area contributed by atoms with E-state index < -0.39 is 0 Å². The van der Waals surface area contributed by atoms with Gasteiger partial charge in [-0.2, -0.15) is 4.98 Å². The van der Waals surface area contributed by atoms with Crippen LogP contribution in [-0.2, 0) is 4.79 Å². The summed E-state index contributed by atoms with van der Waals surface area (Å²) >= 11 is 12.5. The number of thiazole rings is 1. The van der Waals surface area contributed by atoms with E-state index in [0.29, 0.717) is 4.34 Å². The SMILES string of the molecule is CN(C(=O)COc1nc(Cl)c(Cl)s1)c1ccccc1. The molecule has 0 bridgehead atoms. The fourth-order valence-corrected chi connectivity index (χ4v) is 2.36. The van der Waals surface area contributed by atoms with Crippen LogP contribution in [0, 0.1) is 0 Å². The van der Waals surface area contributed by atoms with Gasteiger partial charge in [-0.25, -0.2) is 0 Å². The van der Waals surface area contributed by atoms with Gasteiger partial charge in [-0.15, -0.1) is 0 Å². The normalized spacial score (nSPS) is 10.3. The number of anilines is 1. The van der Waals surface area contributed by atoms with Crippen LogP contribution in [0.4, 0.5) is 5.69 Å². The first-order valence-corrected chi connectivity index (χ1v) is 6.91. The number of carbonyl (C=O) groups excluding carboxylic acids is 1. The van der Waals surface area contributed by atoms with Crippen molar-refractivity contribution in [1.29, 1.82) is 0 Å². The molecule has 0 aliphatic carbocycles. The van der Waals surface area contributed by atoms with E-state index in [9.17, 15) is 4.79 Å². The quantitative estimate of drug-likeness (QED) is 0.867. The summed E-state index contributed by atoms with van der Waals surface area (Å²) in [6.07, 6.45) is 0. The van der Waals surface area contributed by atoms with Gasteiger partial charge in [-0.1, -0.05) is 52.7 Å². The molecular formula is C12H10Cl2N2O2S. The van der Waals surface area contributed by atoms with Crippen LogP contribution in [0.25, 0.3) is 0 Å². The standard InChI is InChI=1S/C12H10Cl2N2O2S/c1-16(8-5-3-2-4-6-8)9(17)7-18-12-15-10(13)11(14)19-12/h2-6H,7H2,1H3. The van der Waals surface area contributed by atoms with Crippen LogP contribution < -0.4 is 9.64 Å². The zero-order chi connectivity index (χ0) is 13.8. The minimum atomic E-state index is -0.186. The van der Waals surface area contributed by atoms with Crippen molar-refractivity contribution < 1.29 is 9.53 Å². The molecule has 0 aliphatic rings. The average Bonchev–Trinajstić information content (AvgIpc) is 2.75. The van der Waals surface area contributed by atoms with Gasteiger partial charge in [0.1, 0.15) is 4.34 Å². The molecular weight excluding hydrogens is 307 g/mol. The molecule has 2 rings (SSSR count). The number of aromatic nitrogens is 1. The first kappa shape index (κ1) is 14.1. The van der Waals surface area contributed by atoms with E-state index in [-0.39, 0.29) is 22.9 Å². The Balaban J connectivity index is 1.94.